The maximum absolute atomic E-state index is 13.9. The smallest absolute Gasteiger partial charge is 0.321 e. The number of carbonyl (C=O) groups is 2. The molecule has 0 bridgehead atoms. The summed E-state index contributed by atoms with van der Waals surface area (Å²) in [6, 6.07) is 12.0. The van der Waals surface area contributed by atoms with Gasteiger partial charge in [-0.15, -0.1) is 0 Å². The second-order valence-electron chi connectivity index (χ2n) is 7.24. The third-order valence-electron chi connectivity index (χ3n) is 5.13. The summed E-state index contributed by atoms with van der Waals surface area (Å²) >= 11 is 0. The second-order valence-corrected chi connectivity index (χ2v) is 7.24. The van der Waals surface area contributed by atoms with Gasteiger partial charge in [0.05, 0.1) is 17.7 Å². The van der Waals surface area contributed by atoms with Crippen LogP contribution in [-0.2, 0) is 16.0 Å². The van der Waals surface area contributed by atoms with E-state index in [0.717, 1.165) is 11.6 Å². The van der Waals surface area contributed by atoms with E-state index in [1.54, 1.807) is 6.92 Å². The zero-order valence-corrected chi connectivity index (χ0v) is 16.3. The molecule has 0 aromatic heterocycles. The molecule has 3 rings (SSSR count). The molecular formula is C22H24F2N2O3. The average molecular weight is 402 g/mol. The van der Waals surface area contributed by atoms with E-state index >= 15 is 0 Å². The van der Waals surface area contributed by atoms with E-state index < -0.39 is 23.1 Å². The highest BCUT2D eigenvalue weighted by Crippen LogP contribution is 2.35. The lowest BCUT2D eigenvalue weighted by Gasteiger charge is -2.41. The average Bonchev–Trinajstić information content (AvgIpc) is 2.71. The summed E-state index contributed by atoms with van der Waals surface area (Å²) in [5, 5.41) is 2.47. The first kappa shape index (κ1) is 20.8. The van der Waals surface area contributed by atoms with Crippen molar-refractivity contribution in [3.05, 3.63) is 65.7 Å². The Balaban J connectivity index is 1.80. The molecule has 2 amide bonds. The van der Waals surface area contributed by atoms with Gasteiger partial charge in [0.25, 0.3) is 0 Å². The summed E-state index contributed by atoms with van der Waals surface area (Å²) in [5.74, 6) is -1.91. The highest BCUT2D eigenvalue weighted by atomic mass is 19.1. The number of hydrogen-bond acceptors (Lipinski definition) is 3. The van der Waals surface area contributed by atoms with E-state index in [1.807, 2.05) is 30.3 Å². The van der Waals surface area contributed by atoms with Crippen LogP contribution in [0.15, 0.2) is 48.5 Å². The molecule has 1 aliphatic rings. The third kappa shape index (κ3) is 4.91. The number of nitrogens with zero attached hydrogens (tertiary/aromatic N) is 1. The number of halogens is 2. The lowest BCUT2D eigenvalue weighted by molar-refractivity contribution is -0.158. The molecule has 0 radical (unpaired) electrons. The Labute approximate surface area is 168 Å². The molecule has 1 N–H and O–H groups in total. The van der Waals surface area contributed by atoms with Crippen molar-refractivity contribution in [3.63, 3.8) is 0 Å². The molecule has 1 atom stereocenters. The Bertz CT molecular complexity index is 876. The van der Waals surface area contributed by atoms with Crippen molar-refractivity contribution >= 4 is 17.7 Å². The van der Waals surface area contributed by atoms with Gasteiger partial charge in [-0.2, -0.15) is 0 Å². The molecule has 29 heavy (non-hydrogen) atoms. The van der Waals surface area contributed by atoms with Crippen molar-refractivity contribution in [2.75, 3.05) is 25.0 Å². The normalized spacial score (nSPS) is 18.9. The summed E-state index contributed by atoms with van der Waals surface area (Å²) in [4.78, 5) is 27.1. The maximum Gasteiger partial charge on any atom is 0.321 e. The molecule has 154 valence electrons. The summed E-state index contributed by atoms with van der Waals surface area (Å²) in [7, 11) is 0. The molecule has 0 saturated carbocycles. The first-order valence-electron chi connectivity index (χ1n) is 9.66. The number of nitrogens with one attached hydrogen (secondary N) is 1. The maximum atomic E-state index is 13.9. The van der Waals surface area contributed by atoms with Gasteiger partial charge in [-0.3, -0.25) is 4.79 Å². The summed E-state index contributed by atoms with van der Waals surface area (Å²) < 4.78 is 32.3. The number of piperidine rings is 1. The fourth-order valence-corrected chi connectivity index (χ4v) is 3.74. The monoisotopic (exact) mass is 402 g/mol. The zero-order valence-electron chi connectivity index (χ0n) is 16.3. The van der Waals surface area contributed by atoms with Crippen LogP contribution in [0, 0.1) is 17.0 Å². The van der Waals surface area contributed by atoms with Crippen LogP contribution in [0.1, 0.15) is 25.3 Å². The Morgan fingerprint density at radius 3 is 2.62 bits per heavy atom. The number of urea groups is 1. The minimum atomic E-state index is -0.867. The topological polar surface area (TPSA) is 58.6 Å². The molecule has 0 unspecified atom stereocenters. The number of likely N-dealkylation sites (tertiary alicyclic amines) is 1. The van der Waals surface area contributed by atoms with Gasteiger partial charge in [0.15, 0.2) is 0 Å². The van der Waals surface area contributed by atoms with Crippen LogP contribution < -0.4 is 5.32 Å². The number of carbonyl (C=O) groups excluding carboxylic acids is 2. The summed E-state index contributed by atoms with van der Waals surface area (Å²) in [6.07, 6.45) is 1.65. The Hall–Kier alpha value is -2.96. The van der Waals surface area contributed by atoms with Crippen LogP contribution in [0.4, 0.5) is 19.3 Å². The molecular weight excluding hydrogens is 378 g/mol. The summed E-state index contributed by atoms with van der Waals surface area (Å²) in [6.45, 7) is 2.60. The number of benzene rings is 2. The van der Waals surface area contributed by atoms with Gasteiger partial charge in [-0.05, 0) is 43.9 Å². The van der Waals surface area contributed by atoms with Gasteiger partial charge in [-0.25, -0.2) is 13.6 Å². The van der Waals surface area contributed by atoms with E-state index in [-0.39, 0.29) is 24.8 Å². The van der Waals surface area contributed by atoms with Gasteiger partial charge >= 0.3 is 12.0 Å². The van der Waals surface area contributed by atoms with Gasteiger partial charge in [0.2, 0.25) is 0 Å². The van der Waals surface area contributed by atoms with Crippen molar-refractivity contribution in [1.29, 1.82) is 0 Å². The fourth-order valence-electron chi connectivity index (χ4n) is 3.74. The van der Waals surface area contributed by atoms with Crippen molar-refractivity contribution < 1.29 is 23.1 Å². The predicted octanol–water partition coefficient (Wildman–Crippen LogP) is 4.38. The zero-order chi connectivity index (χ0) is 20.9. The van der Waals surface area contributed by atoms with Crippen LogP contribution in [-0.4, -0.2) is 36.6 Å². The molecule has 0 spiro atoms. The number of hydrogen-bond donors (Lipinski definition) is 1. The van der Waals surface area contributed by atoms with Crippen molar-refractivity contribution in [3.8, 4) is 0 Å². The molecule has 1 fully saturated rings. The van der Waals surface area contributed by atoms with Crippen molar-refractivity contribution in [2.45, 2.75) is 26.2 Å². The SMILES string of the molecule is CCOC(=O)[C@]1(Cc2ccccc2)CCCN(C(=O)Nc2ccc(F)cc2F)C1. The van der Waals surface area contributed by atoms with E-state index in [1.165, 1.54) is 11.0 Å². The van der Waals surface area contributed by atoms with Crippen molar-refractivity contribution in [2.24, 2.45) is 5.41 Å². The molecule has 1 aliphatic heterocycles. The first-order chi connectivity index (χ1) is 13.9. The molecule has 2 aromatic carbocycles. The minimum Gasteiger partial charge on any atom is -0.466 e. The third-order valence-corrected chi connectivity index (χ3v) is 5.13. The molecule has 7 heteroatoms. The molecule has 1 saturated heterocycles. The number of anilines is 1. The Morgan fingerprint density at radius 1 is 1.17 bits per heavy atom. The largest absolute Gasteiger partial charge is 0.466 e. The highest BCUT2D eigenvalue weighted by molar-refractivity contribution is 5.90. The standard InChI is InChI=1S/C22H24F2N2O3/c1-2-29-20(27)22(14-16-7-4-3-5-8-16)11-6-12-26(15-22)21(28)25-19-10-9-17(23)13-18(19)24/h3-5,7-10,13H,2,6,11-12,14-15H2,1H3,(H,25,28)/t22-/m0/s1. The van der Waals surface area contributed by atoms with Gasteiger partial charge in [0.1, 0.15) is 11.6 Å². The first-order valence-corrected chi connectivity index (χ1v) is 9.66. The number of amides is 2. The lowest BCUT2D eigenvalue weighted by atomic mass is 9.75. The van der Waals surface area contributed by atoms with E-state index in [2.05, 4.69) is 5.32 Å². The minimum absolute atomic E-state index is 0.105. The van der Waals surface area contributed by atoms with Crippen LogP contribution in [0.2, 0.25) is 0 Å². The van der Waals surface area contributed by atoms with Crippen LogP contribution in [0.5, 0.6) is 0 Å². The molecule has 1 heterocycles. The van der Waals surface area contributed by atoms with Gasteiger partial charge in [-0.1, -0.05) is 30.3 Å². The molecule has 2 aromatic rings. The van der Waals surface area contributed by atoms with Crippen molar-refractivity contribution in [1.82, 2.24) is 4.90 Å². The molecule has 0 aliphatic carbocycles. The number of esters is 1. The van der Waals surface area contributed by atoms with E-state index in [4.69, 9.17) is 4.74 Å². The Kier molecular flexibility index (Phi) is 6.46. The van der Waals surface area contributed by atoms with Crippen LogP contribution in [0.25, 0.3) is 0 Å². The number of ether oxygens (including phenoxy) is 1. The molecule has 5 nitrogen and oxygen atoms in total. The lowest BCUT2D eigenvalue weighted by Crippen LogP contribution is -2.52. The second kappa shape index (κ2) is 9.03. The van der Waals surface area contributed by atoms with Gasteiger partial charge in [0, 0.05) is 19.2 Å². The van der Waals surface area contributed by atoms with Crippen LogP contribution >= 0.6 is 0 Å². The Morgan fingerprint density at radius 2 is 1.93 bits per heavy atom. The predicted molar refractivity (Wildman–Crippen MR) is 105 cm³/mol. The van der Waals surface area contributed by atoms with E-state index in [9.17, 15) is 18.4 Å². The number of rotatable bonds is 5. The van der Waals surface area contributed by atoms with E-state index in [0.29, 0.717) is 31.9 Å². The summed E-state index contributed by atoms with van der Waals surface area (Å²) in [5.41, 5.74) is 0.00745. The van der Waals surface area contributed by atoms with Gasteiger partial charge < -0.3 is 15.0 Å². The highest BCUT2D eigenvalue weighted by Gasteiger charge is 2.44. The quantitative estimate of drug-likeness (QED) is 0.755. The van der Waals surface area contributed by atoms with Crippen LogP contribution in [0.3, 0.4) is 0 Å². The fraction of sp³-hybridized carbons (Fsp3) is 0.364.